The molecule has 0 bridgehead atoms. The van der Waals surface area contributed by atoms with E-state index in [1.54, 1.807) is 13.4 Å². The number of fused-ring (bicyclic) bond motifs is 2. The topological polar surface area (TPSA) is 69.3 Å². The van der Waals surface area contributed by atoms with Crippen molar-refractivity contribution >= 4 is 16.9 Å². The maximum absolute atomic E-state index is 12.4. The van der Waals surface area contributed by atoms with Crippen molar-refractivity contribution in [3.05, 3.63) is 48.2 Å². The Morgan fingerprint density at radius 3 is 3.29 bits per heavy atom. The number of hydrogen-bond donors (Lipinski definition) is 1. The van der Waals surface area contributed by atoms with Gasteiger partial charge in [0.2, 0.25) is 5.91 Å². The quantitative estimate of drug-likeness (QED) is 0.799. The normalized spacial score (nSPS) is 16.8. The van der Waals surface area contributed by atoms with Gasteiger partial charge in [0.1, 0.15) is 17.2 Å². The van der Waals surface area contributed by atoms with Crippen molar-refractivity contribution in [3.63, 3.8) is 0 Å². The molecule has 0 spiro atoms. The summed E-state index contributed by atoms with van der Waals surface area (Å²) in [5.41, 5.74) is 1.63. The predicted octanol–water partition coefficient (Wildman–Crippen LogP) is 2.31. The van der Waals surface area contributed by atoms with Gasteiger partial charge in [-0.1, -0.05) is 0 Å². The fraction of sp³-hybridized carbons (Fsp3) is 0.333. The number of ether oxygens (including phenoxy) is 1. The smallest absolute Gasteiger partial charge is 0.224 e. The summed E-state index contributed by atoms with van der Waals surface area (Å²) < 4.78 is 12.8. The third kappa shape index (κ3) is 2.75. The molecule has 1 N–H and O–H groups in total. The van der Waals surface area contributed by atoms with Crippen molar-refractivity contribution in [1.82, 2.24) is 14.9 Å². The molecule has 1 aliphatic rings. The highest BCUT2D eigenvalue weighted by molar-refractivity contribution is 5.88. The monoisotopic (exact) mass is 325 g/mol. The van der Waals surface area contributed by atoms with Crippen LogP contribution in [-0.4, -0.2) is 28.6 Å². The Hall–Kier alpha value is -2.76. The number of carbonyl (C=O) groups is 1. The first kappa shape index (κ1) is 14.8. The summed E-state index contributed by atoms with van der Waals surface area (Å²) in [5, 5.41) is 4.07. The highest BCUT2D eigenvalue weighted by atomic mass is 16.5. The molecule has 3 heterocycles. The summed E-state index contributed by atoms with van der Waals surface area (Å²) in [6.07, 6.45) is 7.56. The number of furan rings is 1. The van der Waals surface area contributed by atoms with Crippen LogP contribution in [0, 0.1) is 0 Å². The van der Waals surface area contributed by atoms with E-state index >= 15 is 0 Å². The lowest BCUT2D eigenvalue weighted by Crippen LogP contribution is -2.41. The molecular weight excluding hydrogens is 306 g/mol. The van der Waals surface area contributed by atoms with Crippen molar-refractivity contribution in [2.45, 2.75) is 31.8 Å². The average molecular weight is 325 g/mol. The van der Waals surface area contributed by atoms with Gasteiger partial charge >= 0.3 is 0 Å². The van der Waals surface area contributed by atoms with Crippen molar-refractivity contribution in [3.8, 4) is 5.75 Å². The maximum atomic E-state index is 12.4. The summed E-state index contributed by atoms with van der Waals surface area (Å²) in [4.78, 5) is 16.7. The van der Waals surface area contributed by atoms with Crippen LogP contribution in [0.15, 0.2) is 41.3 Å². The molecule has 124 valence electrons. The fourth-order valence-electron chi connectivity index (χ4n) is 3.26. The molecule has 3 aromatic rings. The van der Waals surface area contributed by atoms with Crippen LogP contribution in [0.2, 0.25) is 0 Å². The molecule has 0 fully saturated rings. The molecule has 6 heteroatoms. The molecular formula is C18H19N3O3. The van der Waals surface area contributed by atoms with E-state index in [4.69, 9.17) is 9.15 Å². The van der Waals surface area contributed by atoms with Crippen LogP contribution in [0.1, 0.15) is 17.8 Å². The van der Waals surface area contributed by atoms with Crippen molar-refractivity contribution in [2.75, 3.05) is 7.11 Å². The molecule has 6 nitrogen and oxygen atoms in total. The van der Waals surface area contributed by atoms with Crippen molar-refractivity contribution in [2.24, 2.45) is 0 Å². The lowest BCUT2D eigenvalue weighted by Gasteiger charge is -2.24. The first-order chi connectivity index (χ1) is 11.7. The van der Waals surface area contributed by atoms with Crippen molar-refractivity contribution < 1.29 is 13.9 Å². The summed E-state index contributed by atoms with van der Waals surface area (Å²) in [5.74, 6) is 1.85. The Balaban J connectivity index is 1.43. The number of amides is 1. The van der Waals surface area contributed by atoms with Gasteiger partial charge in [-0.25, -0.2) is 4.98 Å². The molecule has 24 heavy (non-hydrogen) atoms. The molecule has 4 rings (SSSR count). The molecule has 1 aliphatic heterocycles. The summed E-state index contributed by atoms with van der Waals surface area (Å²) >= 11 is 0. The van der Waals surface area contributed by atoms with Crippen LogP contribution >= 0.6 is 0 Å². The second-order valence-electron chi connectivity index (χ2n) is 6.10. The minimum absolute atomic E-state index is 0.0158. The van der Waals surface area contributed by atoms with E-state index in [2.05, 4.69) is 14.9 Å². The van der Waals surface area contributed by atoms with Crippen LogP contribution in [0.5, 0.6) is 5.75 Å². The maximum Gasteiger partial charge on any atom is 0.224 e. The van der Waals surface area contributed by atoms with E-state index in [-0.39, 0.29) is 11.9 Å². The molecule has 2 aromatic heterocycles. The van der Waals surface area contributed by atoms with Gasteiger partial charge in [0.25, 0.3) is 0 Å². The third-order valence-electron chi connectivity index (χ3n) is 4.51. The molecule has 0 aliphatic carbocycles. The van der Waals surface area contributed by atoms with Gasteiger partial charge in [-0.15, -0.1) is 0 Å². The molecule has 0 radical (unpaired) electrons. The van der Waals surface area contributed by atoms with Crippen LogP contribution < -0.4 is 10.1 Å². The number of methoxy groups -OCH3 is 1. The molecule has 1 aromatic carbocycles. The molecule has 1 atom stereocenters. The number of benzene rings is 1. The number of aryl methyl sites for hydroxylation is 1. The lowest BCUT2D eigenvalue weighted by molar-refractivity contribution is -0.121. The number of nitrogens with zero attached hydrogens (tertiary/aromatic N) is 2. The Kier molecular flexibility index (Phi) is 3.72. The van der Waals surface area contributed by atoms with Gasteiger partial charge in [-0.05, 0) is 18.6 Å². The van der Waals surface area contributed by atoms with E-state index in [1.165, 1.54) is 0 Å². The zero-order valence-electron chi connectivity index (χ0n) is 13.5. The number of aromatic nitrogens is 2. The molecule has 1 unspecified atom stereocenters. The van der Waals surface area contributed by atoms with Gasteiger partial charge < -0.3 is 19.0 Å². The van der Waals surface area contributed by atoms with Gasteiger partial charge in [0.05, 0.1) is 19.8 Å². The van der Waals surface area contributed by atoms with Crippen LogP contribution in [-0.2, 0) is 24.2 Å². The Morgan fingerprint density at radius 2 is 2.42 bits per heavy atom. The standard InChI is InChI=1S/C18H19N3O3/c1-23-14-3-4-15-12(11-24-16(15)9-14)8-18(22)20-13-2-5-17-19-6-7-21(17)10-13/h3-4,6-7,9,11,13H,2,5,8,10H2,1H3,(H,20,22). The average Bonchev–Trinajstić information content (AvgIpc) is 3.21. The largest absolute Gasteiger partial charge is 0.497 e. The molecule has 0 saturated heterocycles. The van der Waals surface area contributed by atoms with E-state index in [0.717, 1.165) is 47.5 Å². The number of carbonyl (C=O) groups excluding carboxylic acids is 1. The van der Waals surface area contributed by atoms with Crippen LogP contribution in [0.3, 0.4) is 0 Å². The summed E-state index contributed by atoms with van der Waals surface area (Å²) in [6.45, 7) is 0.782. The third-order valence-corrected chi connectivity index (χ3v) is 4.51. The minimum Gasteiger partial charge on any atom is -0.497 e. The van der Waals surface area contributed by atoms with E-state index in [1.807, 2.05) is 30.6 Å². The van der Waals surface area contributed by atoms with Gasteiger partial charge in [-0.3, -0.25) is 4.79 Å². The number of rotatable bonds is 4. The van der Waals surface area contributed by atoms with E-state index in [0.29, 0.717) is 6.42 Å². The zero-order chi connectivity index (χ0) is 16.5. The lowest BCUT2D eigenvalue weighted by atomic mass is 10.1. The van der Waals surface area contributed by atoms with E-state index in [9.17, 15) is 4.79 Å². The highest BCUT2D eigenvalue weighted by Gasteiger charge is 2.21. The van der Waals surface area contributed by atoms with E-state index < -0.39 is 0 Å². The first-order valence-corrected chi connectivity index (χ1v) is 8.06. The van der Waals surface area contributed by atoms with Gasteiger partial charge in [0.15, 0.2) is 0 Å². The Labute approximate surface area is 139 Å². The van der Waals surface area contributed by atoms with Crippen molar-refractivity contribution in [1.29, 1.82) is 0 Å². The predicted molar refractivity (Wildman–Crippen MR) is 88.9 cm³/mol. The Bertz CT molecular complexity index is 881. The Morgan fingerprint density at radius 1 is 1.50 bits per heavy atom. The van der Waals surface area contributed by atoms with Crippen LogP contribution in [0.4, 0.5) is 0 Å². The highest BCUT2D eigenvalue weighted by Crippen LogP contribution is 2.26. The zero-order valence-corrected chi connectivity index (χ0v) is 13.5. The molecule has 1 amide bonds. The number of hydrogen-bond acceptors (Lipinski definition) is 4. The minimum atomic E-state index is 0.0158. The fourth-order valence-corrected chi connectivity index (χ4v) is 3.26. The second-order valence-corrected chi connectivity index (χ2v) is 6.10. The van der Waals surface area contributed by atoms with Crippen LogP contribution in [0.25, 0.3) is 11.0 Å². The number of nitrogens with one attached hydrogen (secondary N) is 1. The molecule has 0 saturated carbocycles. The summed E-state index contributed by atoms with van der Waals surface area (Å²) in [7, 11) is 1.62. The summed E-state index contributed by atoms with van der Waals surface area (Å²) in [6, 6.07) is 5.79. The number of imidazole rings is 1. The first-order valence-electron chi connectivity index (χ1n) is 8.06. The van der Waals surface area contributed by atoms with Gasteiger partial charge in [0, 0.05) is 48.4 Å². The second kappa shape index (κ2) is 6.03. The SMILES string of the molecule is COc1ccc2c(CC(=O)NC3CCc4nccn4C3)coc2c1. The van der Waals surface area contributed by atoms with Gasteiger partial charge in [-0.2, -0.15) is 0 Å².